The molecule has 1 aliphatic rings. The SMILES string of the molecule is C=CCOc1ccc(C=CC(=O)OCC(=O)NC2CCCCCCC2)cc1. The van der Waals surface area contributed by atoms with Gasteiger partial charge in [0.1, 0.15) is 12.4 Å². The van der Waals surface area contributed by atoms with Gasteiger partial charge in [-0.15, -0.1) is 0 Å². The number of hydrogen-bond acceptors (Lipinski definition) is 4. The average Bonchev–Trinajstić information content (AvgIpc) is 2.66. The molecular formula is C22H29NO4. The van der Waals surface area contributed by atoms with Crippen LogP contribution >= 0.6 is 0 Å². The van der Waals surface area contributed by atoms with Crippen LogP contribution in [0.3, 0.4) is 0 Å². The van der Waals surface area contributed by atoms with Crippen LogP contribution in [0.4, 0.5) is 0 Å². The van der Waals surface area contributed by atoms with E-state index in [1.165, 1.54) is 25.3 Å². The summed E-state index contributed by atoms with van der Waals surface area (Å²) in [5.41, 5.74) is 0.844. The normalized spacial score (nSPS) is 15.6. The van der Waals surface area contributed by atoms with E-state index >= 15 is 0 Å². The van der Waals surface area contributed by atoms with Crippen LogP contribution in [0, 0.1) is 0 Å². The highest BCUT2D eigenvalue weighted by Gasteiger charge is 2.14. The quantitative estimate of drug-likeness (QED) is 0.426. The van der Waals surface area contributed by atoms with Crippen LogP contribution in [-0.4, -0.2) is 31.1 Å². The maximum Gasteiger partial charge on any atom is 0.331 e. The van der Waals surface area contributed by atoms with Crippen molar-refractivity contribution in [1.29, 1.82) is 0 Å². The number of rotatable bonds is 8. The fourth-order valence-electron chi connectivity index (χ4n) is 3.05. The Morgan fingerprint density at radius 1 is 1.07 bits per heavy atom. The molecule has 1 aliphatic carbocycles. The van der Waals surface area contributed by atoms with E-state index in [1.807, 2.05) is 24.3 Å². The van der Waals surface area contributed by atoms with Gasteiger partial charge in [0.2, 0.25) is 0 Å². The summed E-state index contributed by atoms with van der Waals surface area (Å²) in [6, 6.07) is 7.51. The molecule has 1 aromatic carbocycles. The van der Waals surface area contributed by atoms with Gasteiger partial charge in [0.15, 0.2) is 6.61 Å². The van der Waals surface area contributed by atoms with E-state index in [0.717, 1.165) is 37.0 Å². The van der Waals surface area contributed by atoms with Crippen molar-refractivity contribution in [2.75, 3.05) is 13.2 Å². The lowest BCUT2D eigenvalue weighted by molar-refractivity contribution is -0.144. The van der Waals surface area contributed by atoms with Crippen molar-refractivity contribution >= 4 is 18.0 Å². The van der Waals surface area contributed by atoms with Crippen LogP contribution in [0.5, 0.6) is 5.75 Å². The van der Waals surface area contributed by atoms with Crippen molar-refractivity contribution in [1.82, 2.24) is 5.32 Å². The van der Waals surface area contributed by atoms with Gasteiger partial charge < -0.3 is 14.8 Å². The van der Waals surface area contributed by atoms with E-state index in [-0.39, 0.29) is 18.6 Å². The molecule has 0 heterocycles. The predicted octanol–water partition coefficient (Wildman–Crippen LogP) is 4.04. The number of ether oxygens (including phenoxy) is 2. The first-order valence-corrected chi connectivity index (χ1v) is 9.65. The van der Waals surface area contributed by atoms with E-state index in [0.29, 0.717) is 6.61 Å². The first-order chi connectivity index (χ1) is 13.2. The zero-order valence-corrected chi connectivity index (χ0v) is 15.8. The molecule has 5 heteroatoms. The summed E-state index contributed by atoms with van der Waals surface area (Å²) in [4.78, 5) is 23.8. The maximum atomic E-state index is 12.0. The standard InChI is InChI=1S/C22H29NO4/c1-2-16-26-20-13-10-18(11-14-20)12-15-22(25)27-17-21(24)23-19-8-6-4-3-5-7-9-19/h2,10-15,19H,1,3-9,16-17H2,(H,23,24). The van der Waals surface area contributed by atoms with Crippen molar-refractivity contribution in [3.05, 3.63) is 48.6 Å². The highest BCUT2D eigenvalue weighted by molar-refractivity contribution is 5.89. The van der Waals surface area contributed by atoms with Crippen LogP contribution in [-0.2, 0) is 14.3 Å². The van der Waals surface area contributed by atoms with Crippen LogP contribution < -0.4 is 10.1 Å². The van der Waals surface area contributed by atoms with Crippen molar-refractivity contribution in [3.63, 3.8) is 0 Å². The molecule has 2 rings (SSSR count). The van der Waals surface area contributed by atoms with Gasteiger partial charge in [-0.2, -0.15) is 0 Å². The Kier molecular flexibility index (Phi) is 9.18. The molecule has 0 saturated heterocycles. The molecule has 1 fully saturated rings. The van der Waals surface area contributed by atoms with E-state index in [1.54, 1.807) is 12.2 Å². The zero-order chi connectivity index (χ0) is 19.3. The third-order valence-electron chi connectivity index (χ3n) is 4.48. The number of carbonyl (C=O) groups is 2. The smallest absolute Gasteiger partial charge is 0.331 e. The molecule has 0 unspecified atom stereocenters. The Morgan fingerprint density at radius 3 is 2.41 bits per heavy atom. The van der Waals surface area contributed by atoms with E-state index in [9.17, 15) is 9.59 Å². The molecule has 0 aliphatic heterocycles. The van der Waals surface area contributed by atoms with E-state index in [2.05, 4.69) is 11.9 Å². The molecule has 0 aromatic heterocycles. The fourth-order valence-corrected chi connectivity index (χ4v) is 3.05. The summed E-state index contributed by atoms with van der Waals surface area (Å²) in [5, 5.41) is 2.98. The summed E-state index contributed by atoms with van der Waals surface area (Å²) in [6.07, 6.45) is 12.7. The first kappa shape index (κ1) is 20.7. The monoisotopic (exact) mass is 371 g/mol. The van der Waals surface area contributed by atoms with Gasteiger partial charge in [-0.1, -0.05) is 56.9 Å². The van der Waals surface area contributed by atoms with E-state index in [4.69, 9.17) is 9.47 Å². The molecule has 0 bridgehead atoms. The molecule has 5 nitrogen and oxygen atoms in total. The predicted molar refractivity (Wildman–Crippen MR) is 106 cm³/mol. The second-order valence-electron chi connectivity index (χ2n) is 6.72. The number of nitrogens with one attached hydrogen (secondary N) is 1. The second-order valence-corrected chi connectivity index (χ2v) is 6.72. The minimum absolute atomic E-state index is 0.203. The summed E-state index contributed by atoms with van der Waals surface area (Å²) in [7, 11) is 0. The average molecular weight is 371 g/mol. The summed E-state index contributed by atoms with van der Waals surface area (Å²) < 4.78 is 10.4. The molecule has 1 N–H and O–H groups in total. The molecule has 27 heavy (non-hydrogen) atoms. The number of carbonyl (C=O) groups excluding carboxylic acids is 2. The van der Waals surface area contributed by atoms with Gasteiger partial charge in [0.25, 0.3) is 5.91 Å². The number of esters is 1. The van der Waals surface area contributed by atoms with Crippen LogP contribution in [0.15, 0.2) is 43.0 Å². The van der Waals surface area contributed by atoms with Crippen LogP contribution in [0.2, 0.25) is 0 Å². The molecular weight excluding hydrogens is 342 g/mol. The number of benzene rings is 1. The molecule has 0 spiro atoms. The van der Waals surface area contributed by atoms with Gasteiger partial charge in [0, 0.05) is 12.1 Å². The molecule has 1 aromatic rings. The molecule has 1 amide bonds. The Hall–Kier alpha value is -2.56. The molecule has 0 radical (unpaired) electrons. The first-order valence-electron chi connectivity index (χ1n) is 9.65. The Morgan fingerprint density at radius 2 is 1.74 bits per heavy atom. The third-order valence-corrected chi connectivity index (χ3v) is 4.48. The zero-order valence-electron chi connectivity index (χ0n) is 15.8. The molecule has 0 atom stereocenters. The maximum absolute atomic E-state index is 12.0. The Bertz CT molecular complexity index is 628. The summed E-state index contributed by atoms with van der Waals surface area (Å²) >= 11 is 0. The van der Waals surface area contributed by atoms with Gasteiger partial charge >= 0.3 is 5.97 Å². The fraction of sp³-hybridized carbons (Fsp3) is 0.455. The van der Waals surface area contributed by atoms with E-state index < -0.39 is 5.97 Å². The highest BCUT2D eigenvalue weighted by Crippen LogP contribution is 2.17. The van der Waals surface area contributed by atoms with Crippen molar-refractivity contribution in [3.8, 4) is 5.75 Å². The Labute approximate surface area is 161 Å². The lowest BCUT2D eigenvalue weighted by Crippen LogP contribution is -2.37. The van der Waals surface area contributed by atoms with Gasteiger partial charge in [-0.25, -0.2) is 4.79 Å². The number of amides is 1. The lowest BCUT2D eigenvalue weighted by atomic mass is 9.97. The highest BCUT2D eigenvalue weighted by atomic mass is 16.5. The summed E-state index contributed by atoms with van der Waals surface area (Å²) in [6.45, 7) is 3.80. The summed E-state index contributed by atoms with van der Waals surface area (Å²) in [5.74, 6) is -0.0265. The minimum Gasteiger partial charge on any atom is -0.490 e. The van der Waals surface area contributed by atoms with Gasteiger partial charge in [-0.3, -0.25) is 4.79 Å². The Balaban J connectivity index is 1.70. The topological polar surface area (TPSA) is 64.6 Å². The van der Waals surface area contributed by atoms with Gasteiger partial charge in [-0.05, 0) is 36.6 Å². The lowest BCUT2D eigenvalue weighted by Gasteiger charge is -2.20. The minimum atomic E-state index is -0.533. The third kappa shape index (κ3) is 8.58. The largest absolute Gasteiger partial charge is 0.490 e. The molecule has 146 valence electrons. The number of hydrogen-bond donors (Lipinski definition) is 1. The molecule has 1 saturated carbocycles. The van der Waals surface area contributed by atoms with Crippen molar-refractivity contribution in [2.24, 2.45) is 0 Å². The van der Waals surface area contributed by atoms with Crippen molar-refractivity contribution in [2.45, 2.75) is 51.0 Å². The van der Waals surface area contributed by atoms with Gasteiger partial charge in [0.05, 0.1) is 0 Å². The second kappa shape index (κ2) is 11.9. The van der Waals surface area contributed by atoms with Crippen LogP contribution in [0.1, 0.15) is 50.5 Å². The van der Waals surface area contributed by atoms with Crippen LogP contribution in [0.25, 0.3) is 6.08 Å². The van der Waals surface area contributed by atoms with Crippen molar-refractivity contribution < 1.29 is 19.1 Å².